The van der Waals surface area contributed by atoms with E-state index in [9.17, 15) is 4.79 Å². The van der Waals surface area contributed by atoms with Crippen molar-refractivity contribution in [2.45, 2.75) is 25.7 Å². The van der Waals surface area contributed by atoms with Crippen molar-refractivity contribution in [1.82, 2.24) is 4.90 Å². The zero-order valence-electron chi connectivity index (χ0n) is 8.78. The first-order valence-electron chi connectivity index (χ1n) is 5.58. The summed E-state index contributed by atoms with van der Waals surface area (Å²) >= 11 is 0. The molecule has 3 heteroatoms. The number of carboxylic acid groups (broad SMARTS) is 1. The minimum atomic E-state index is -0.586. The molecule has 2 fully saturated rings. The van der Waals surface area contributed by atoms with Gasteiger partial charge in [0.25, 0.3) is 0 Å². The number of likely N-dealkylation sites (tertiary alicyclic amines) is 1. The third-order valence-corrected chi connectivity index (χ3v) is 3.92. The van der Waals surface area contributed by atoms with Crippen LogP contribution in [0.1, 0.15) is 25.7 Å². The van der Waals surface area contributed by atoms with Crippen molar-refractivity contribution < 1.29 is 9.90 Å². The second-order valence-electron chi connectivity index (χ2n) is 4.92. The summed E-state index contributed by atoms with van der Waals surface area (Å²) in [5, 5.41) is 8.98. The van der Waals surface area contributed by atoms with Crippen LogP contribution in [0.4, 0.5) is 0 Å². The molecule has 14 heavy (non-hydrogen) atoms. The molecule has 3 nitrogen and oxygen atoms in total. The number of hydrogen-bond donors (Lipinski definition) is 1. The number of carbonyl (C=O) groups is 1. The van der Waals surface area contributed by atoms with Gasteiger partial charge in [0.15, 0.2) is 0 Å². The summed E-state index contributed by atoms with van der Waals surface area (Å²) in [5.74, 6) is 0.796. The predicted octanol–water partition coefficient (Wildman–Crippen LogP) is 1.44. The van der Waals surface area contributed by atoms with Crippen LogP contribution < -0.4 is 0 Å². The fourth-order valence-electron chi connectivity index (χ4n) is 3.03. The second-order valence-corrected chi connectivity index (χ2v) is 4.92. The van der Waals surface area contributed by atoms with E-state index in [1.54, 1.807) is 0 Å². The van der Waals surface area contributed by atoms with E-state index < -0.39 is 5.97 Å². The van der Waals surface area contributed by atoms with E-state index in [0.29, 0.717) is 5.92 Å². The Bertz CT molecular complexity index is 229. The molecule has 0 bridgehead atoms. The minimum absolute atomic E-state index is 0.0669. The van der Waals surface area contributed by atoms with Gasteiger partial charge in [0.05, 0.1) is 5.92 Å². The van der Waals surface area contributed by atoms with Crippen molar-refractivity contribution in [3.05, 3.63) is 0 Å². The van der Waals surface area contributed by atoms with Crippen LogP contribution in [0, 0.1) is 17.8 Å². The maximum atomic E-state index is 10.9. The first-order chi connectivity index (χ1) is 6.66. The van der Waals surface area contributed by atoms with Gasteiger partial charge >= 0.3 is 5.97 Å². The van der Waals surface area contributed by atoms with Gasteiger partial charge in [0.1, 0.15) is 0 Å². The third kappa shape index (κ3) is 1.92. The number of carboxylic acids is 1. The molecule has 1 saturated carbocycles. The maximum Gasteiger partial charge on any atom is 0.306 e. The van der Waals surface area contributed by atoms with Gasteiger partial charge in [0, 0.05) is 6.54 Å². The lowest BCUT2D eigenvalue weighted by Gasteiger charge is -2.41. The van der Waals surface area contributed by atoms with Gasteiger partial charge in [-0.05, 0) is 51.1 Å². The van der Waals surface area contributed by atoms with E-state index in [1.165, 1.54) is 13.0 Å². The maximum absolute atomic E-state index is 10.9. The Hall–Kier alpha value is -0.570. The molecule has 1 saturated heterocycles. The average molecular weight is 197 g/mol. The molecule has 0 radical (unpaired) electrons. The largest absolute Gasteiger partial charge is 0.481 e. The van der Waals surface area contributed by atoms with Crippen LogP contribution in [-0.4, -0.2) is 36.1 Å². The van der Waals surface area contributed by atoms with Gasteiger partial charge in [-0.3, -0.25) is 4.79 Å². The Morgan fingerprint density at radius 3 is 2.79 bits per heavy atom. The van der Waals surface area contributed by atoms with Crippen molar-refractivity contribution in [2.75, 3.05) is 20.1 Å². The fourth-order valence-corrected chi connectivity index (χ4v) is 3.03. The third-order valence-electron chi connectivity index (χ3n) is 3.92. The van der Waals surface area contributed by atoms with Gasteiger partial charge in [-0.15, -0.1) is 0 Å². The standard InChI is InChI=1S/C11H19NO2/c1-12-5-4-8-2-3-9(11(13)14)6-10(8)7-12/h8-10H,2-7H2,1H3,(H,13,14). The monoisotopic (exact) mass is 197 g/mol. The van der Waals surface area contributed by atoms with E-state index in [-0.39, 0.29) is 5.92 Å². The van der Waals surface area contributed by atoms with Crippen LogP contribution >= 0.6 is 0 Å². The summed E-state index contributed by atoms with van der Waals surface area (Å²) in [5.41, 5.74) is 0. The molecule has 0 aromatic rings. The lowest BCUT2D eigenvalue weighted by atomic mass is 9.71. The summed E-state index contributed by atoms with van der Waals surface area (Å²) < 4.78 is 0. The summed E-state index contributed by atoms with van der Waals surface area (Å²) in [6.45, 7) is 2.30. The average Bonchev–Trinajstić information content (AvgIpc) is 2.16. The number of fused-ring (bicyclic) bond motifs is 1. The van der Waals surface area contributed by atoms with E-state index in [2.05, 4.69) is 11.9 Å². The van der Waals surface area contributed by atoms with Gasteiger partial charge < -0.3 is 10.0 Å². The number of hydrogen-bond acceptors (Lipinski definition) is 2. The molecule has 0 aromatic carbocycles. The highest BCUT2D eigenvalue weighted by atomic mass is 16.4. The van der Waals surface area contributed by atoms with Crippen molar-refractivity contribution >= 4 is 5.97 Å². The van der Waals surface area contributed by atoms with E-state index in [4.69, 9.17) is 5.11 Å². The van der Waals surface area contributed by atoms with Crippen LogP contribution in [0.2, 0.25) is 0 Å². The van der Waals surface area contributed by atoms with Gasteiger partial charge in [-0.1, -0.05) is 0 Å². The molecule has 1 aliphatic heterocycles. The molecule has 0 aromatic heterocycles. The van der Waals surface area contributed by atoms with E-state index in [0.717, 1.165) is 31.7 Å². The van der Waals surface area contributed by atoms with Crippen molar-refractivity contribution in [3.63, 3.8) is 0 Å². The predicted molar refractivity (Wildman–Crippen MR) is 54.1 cm³/mol. The van der Waals surface area contributed by atoms with Gasteiger partial charge in [-0.2, -0.15) is 0 Å². The highest BCUT2D eigenvalue weighted by Gasteiger charge is 2.36. The first-order valence-corrected chi connectivity index (χ1v) is 5.58. The molecule has 0 spiro atoms. The highest BCUT2D eigenvalue weighted by molar-refractivity contribution is 5.70. The molecular formula is C11H19NO2. The van der Waals surface area contributed by atoms with Gasteiger partial charge in [-0.25, -0.2) is 0 Å². The van der Waals surface area contributed by atoms with Crippen LogP contribution in [0.15, 0.2) is 0 Å². The number of aliphatic carboxylic acids is 1. The lowest BCUT2D eigenvalue weighted by molar-refractivity contribution is -0.144. The molecule has 1 N–H and O–H groups in total. The van der Waals surface area contributed by atoms with Crippen molar-refractivity contribution in [3.8, 4) is 0 Å². The number of piperidine rings is 1. The van der Waals surface area contributed by atoms with Crippen molar-refractivity contribution in [1.29, 1.82) is 0 Å². The molecule has 3 unspecified atom stereocenters. The lowest BCUT2D eigenvalue weighted by Crippen LogP contribution is -2.42. The Balaban J connectivity index is 1.96. The fraction of sp³-hybridized carbons (Fsp3) is 0.909. The van der Waals surface area contributed by atoms with E-state index >= 15 is 0 Å². The quantitative estimate of drug-likeness (QED) is 0.691. The molecule has 80 valence electrons. The Morgan fingerprint density at radius 1 is 1.29 bits per heavy atom. The topological polar surface area (TPSA) is 40.5 Å². The van der Waals surface area contributed by atoms with Crippen LogP contribution in [0.5, 0.6) is 0 Å². The zero-order valence-corrected chi connectivity index (χ0v) is 8.78. The van der Waals surface area contributed by atoms with Gasteiger partial charge in [0.2, 0.25) is 0 Å². The molecule has 1 aliphatic carbocycles. The summed E-state index contributed by atoms with van der Waals surface area (Å²) in [6, 6.07) is 0. The Labute approximate surface area is 85.1 Å². The van der Waals surface area contributed by atoms with E-state index in [1.807, 2.05) is 0 Å². The second kappa shape index (κ2) is 3.89. The van der Waals surface area contributed by atoms with Crippen LogP contribution in [-0.2, 0) is 4.79 Å². The summed E-state index contributed by atoms with van der Waals surface area (Å²) in [6.07, 6.45) is 4.22. The Kier molecular flexibility index (Phi) is 2.77. The first kappa shape index (κ1) is 9.97. The molecule has 2 rings (SSSR count). The smallest absolute Gasteiger partial charge is 0.306 e. The van der Waals surface area contributed by atoms with Crippen LogP contribution in [0.3, 0.4) is 0 Å². The minimum Gasteiger partial charge on any atom is -0.481 e. The molecule has 3 atom stereocenters. The zero-order chi connectivity index (χ0) is 10.1. The summed E-state index contributed by atoms with van der Waals surface area (Å²) in [4.78, 5) is 13.2. The molecule has 2 aliphatic rings. The SMILES string of the molecule is CN1CCC2CCC(C(=O)O)CC2C1. The summed E-state index contributed by atoms with van der Waals surface area (Å²) in [7, 11) is 2.14. The Morgan fingerprint density at radius 2 is 2.07 bits per heavy atom. The molecule has 0 amide bonds. The normalized spacial score (nSPS) is 39.1. The number of rotatable bonds is 1. The molecule has 1 heterocycles. The highest BCUT2D eigenvalue weighted by Crippen LogP contribution is 2.38. The number of nitrogens with zero attached hydrogens (tertiary/aromatic N) is 1. The van der Waals surface area contributed by atoms with Crippen molar-refractivity contribution in [2.24, 2.45) is 17.8 Å². The molecular weight excluding hydrogens is 178 g/mol. The van der Waals surface area contributed by atoms with Crippen LogP contribution in [0.25, 0.3) is 0 Å².